The molecule has 0 atom stereocenters. The number of nitrogens with one attached hydrogen (secondary N) is 1. The van der Waals surface area contributed by atoms with Crippen LogP contribution in [0.2, 0.25) is 0 Å². The first-order valence-corrected chi connectivity index (χ1v) is 11.0. The number of methoxy groups -OCH3 is 1. The standard InChI is InChI=1S/C22H29N5O6/c1-22(2,32-3)13-26-19-14(4-7-16(28)25-8-10-33-11-9-25)12-23-27(19)21(31)17(20(26)30)18(29)24-15-5-6-15/h4,7,12,15,30H,5-6,8-11,13H2,1-3H3,(H,24,29)/b7-4+. The van der Waals surface area contributed by atoms with Crippen LogP contribution in [0.4, 0.5) is 0 Å². The molecule has 2 fully saturated rings. The van der Waals surface area contributed by atoms with E-state index in [4.69, 9.17) is 9.47 Å². The molecule has 2 amide bonds. The fraction of sp³-hybridized carbons (Fsp3) is 0.545. The molecule has 1 aliphatic carbocycles. The van der Waals surface area contributed by atoms with E-state index in [2.05, 4.69) is 10.4 Å². The van der Waals surface area contributed by atoms with Gasteiger partial charge in [0.1, 0.15) is 5.65 Å². The quantitative estimate of drug-likeness (QED) is 0.574. The van der Waals surface area contributed by atoms with Gasteiger partial charge in [0.25, 0.3) is 11.5 Å². The van der Waals surface area contributed by atoms with Gasteiger partial charge in [-0.3, -0.25) is 19.0 Å². The SMILES string of the molecule is COC(C)(C)Cn1c(O)c(C(=O)NC2CC2)c(=O)n2ncc(/C=C/C(=O)N3CCOCC3)c12. The molecule has 2 aromatic heterocycles. The molecule has 2 aromatic rings. The van der Waals surface area contributed by atoms with Crippen molar-refractivity contribution in [3.05, 3.63) is 33.8 Å². The second-order valence-corrected chi connectivity index (χ2v) is 8.91. The minimum Gasteiger partial charge on any atom is -0.494 e. The van der Waals surface area contributed by atoms with Crippen molar-refractivity contribution < 1.29 is 24.2 Å². The van der Waals surface area contributed by atoms with Crippen molar-refractivity contribution >= 4 is 23.5 Å². The van der Waals surface area contributed by atoms with Crippen molar-refractivity contribution in [1.82, 2.24) is 24.4 Å². The number of rotatable bonds is 7. The Kier molecular flexibility index (Phi) is 6.26. The Hall–Kier alpha value is -3.18. The third-order valence-electron chi connectivity index (χ3n) is 5.87. The van der Waals surface area contributed by atoms with Crippen LogP contribution in [-0.4, -0.2) is 81.1 Å². The molecule has 11 nitrogen and oxygen atoms in total. The molecule has 0 radical (unpaired) electrons. The van der Waals surface area contributed by atoms with Gasteiger partial charge in [-0.25, -0.2) is 0 Å². The fourth-order valence-electron chi connectivity index (χ4n) is 3.66. The molecule has 11 heteroatoms. The Labute approximate surface area is 190 Å². The lowest BCUT2D eigenvalue weighted by Crippen LogP contribution is -2.39. The van der Waals surface area contributed by atoms with Crippen molar-refractivity contribution in [3.63, 3.8) is 0 Å². The predicted molar refractivity (Wildman–Crippen MR) is 119 cm³/mol. The summed E-state index contributed by atoms with van der Waals surface area (Å²) in [6, 6.07) is 0.0122. The molecule has 0 spiro atoms. The summed E-state index contributed by atoms with van der Waals surface area (Å²) in [5.41, 5.74) is -1.12. The maximum Gasteiger partial charge on any atom is 0.291 e. The van der Waals surface area contributed by atoms with Crippen molar-refractivity contribution in [3.8, 4) is 5.88 Å². The largest absolute Gasteiger partial charge is 0.494 e. The van der Waals surface area contributed by atoms with Crippen molar-refractivity contribution in [2.24, 2.45) is 0 Å². The molecule has 1 aliphatic heterocycles. The first-order valence-electron chi connectivity index (χ1n) is 11.0. The summed E-state index contributed by atoms with van der Waals surface area (Å²) in [5.74, 6) is -1.29. The van der Waals surface area contributed by atoms with Gasteiger partial charge in [-0.15, -0.1) is 0 Å². The van der Waals surface area contributed by atoms with Gasteiger partial charge < -0.3 is 24.8 Å². The number of aromatic hydroxyl groups is 1. The number of ether oxygens (including phenoxy) is 2. The molecule has 1 saturated heterocycles. The van der Waals surface area contributed by atoms with E-state index in [-0.39, 0.29) is 29.7 Å². The van der Waals surface area contributed by atoms with Gasteiger partial charge in [0.05, 0.1) is 31.6 Å². The van der Waals surface area contributed by atoms with Gasteiger partial charge in [0.15, 0.2) is 5.56 Å². The van der Waals surface area contributed by atoms with Gasteiger partial charge in [-0.2, -0.15) is 9.61 Å². The van der Waals surface area contributed by atoms with Gasteiger partial charge in [-0.1, -0.05) is 0 Å². The Balaban J connectivity index is 1.79. The van der Waals surface area contributed by atoms with Crippen LogP contribution < -0.4 is 10.9 Å². The Morgan fingerprint density at radius 2 is 2.03 bits per heavy atom. The molecule has 0 unspecified atom stereocenters. The number of carbonyl (C=O) groups excluding carboxylic acids is 2. The molecule has 3 heterocycles. The van der Waals surface area contributed by atoms with E-state index in [1.54, 1.807) is 11.0 Å². The molecule has 4 rings (SSSR count). The van der Waals surface area contributed by atoms with E-state index >= 15 is 0 Å². The smallest absolute Gasteiger partial charge is 0.291 e. The van der Waals surface area contributed by atoms with Crippen LogP contribution in [-0.2, 0) is 20.8 Å². The zero-order valence-electron chi connectivity index (χ0n) is 19.0. The molecular formula is C22H29N5O6. The van der Waals surface area contributed by atoms with Gasteiger partial charge in [0.2, 0.25) is 11.8 Å². The predicted octanol–water partition coefficient (Wildman–Crippen LogP) is 0.391. The van der Waals surface area contributed by atoms with Crippen molar-refractivity contribution in [1.29, 1.82) is 0 Å². The van der Waals surface area contributed by atoms with Crippen molar-refractivity contribution in [2.45, 2.75) is 44.9 Å². The van der Waals surface area contributed by atoms with E-state index in [9.17, 15) is 19.5 Å². The van der Waals surface area contributed by atoms with E-state index in [1.165, 1.54) is 23.9 Å². The summed E-state index contributed by atoms with van der Waals surface area (Å²) in [4.78, 5) is 40.0. The van der Waals surface area contributed by atoms with Crippen LogP contribution in [0.1, 0.15) is 42.6 Å². The first kappa shape index (κ1) is 23.0. The van der Waals surface area contributed by atoms with E-state index in [1.807, 2.05) is 13.8 Å². The monoisotopic (exact) mass is 459 g/mol. The maximum atomic E-state index is 13.1. The van der Waals surface area contributed by atoms with Crippen LogP contribution in [0.3, 0.4) is 0 Å². The van der Waals surface area contributed by atoms with Crippen LogP contribution >= 0.6 is 0 Å². The number of hydrogen-bond donors (Lipinski definition) is 2. The second-order valence-electron chi connectivity index (χ2n) is 8.91. The molecule has 33 heavy (non-hydrogen) atoms. The van der Waals surface area contributed by atoms with Gasteiger partial charge >= 0.3 is 0 Å². The summed E-state index contributed by atoms with van der Waals surface area (Å²) in [6.07, 6.45) is 6.07. The number of carbonyl (C=O) groups is 2. The minimum absolute atomic E-state index is 0.0122. The van der Waals surface area contributed by atoms with Crippen LogP contribution in [0.25, 0.3) is 11.7 Å². The zero-order valence-corrected chi connectivity index (χ0v) is 19.0. The van der Waals surface area contributed by atoms with Gasteiger partial charge in [-0.05, 0) is 32.8 Å². The number of nitrogens with zero attached hydrogens (tertiary/aromatic N) is 4. The maximum absolute atomic E-state index is 13.1. The first-order chi connectivity index (χ1) is 15.7. The average Bonchev–Trinajstić information content (AvgIpc) is 3.51. The lowest BCUT2D eigenvalue weighted by atomic mass is 10.1. The Morgan fingerprint density at radius 1 is 1.33 bits per heavy atom. The highest BCUT2D eigenvalue weighted by Gasteiger charge is 2.31. The number of amides is 2. The molecule has 0 bridgehead atoms. The number of hydrogen-bond acceptors (Lipinski definition) is 7. The molecule has 178 valence electrons. The van der Waals surface area contributed by atoms with Crippen LogP contribution in [0, 0.1) is 0 Å². The summed E-state index contributed by atoms with van der Waals surface area (Å²) in [7, 11) is 1.54. The fourth-order valence-corrected chi connectivity index (χ4v) is 3.66. The second kappa shape index (κ2) is 8.99. The highest BCUT2D eigenvalue weighted by molar-refractivity contribution is 5.97. The highest BCUT2D eigenvalue weighted by atomic mass is 16.5. The molecule has 2 N–H and O–H groups in total. The highest BCUT2D eigenvalue weighted by Crippen LogP contribution is 2.26. The summed E-state index contributed by atoms with van der Waals surface area (Å²) in [5, 5.41) is 18.0. The number of aromatic nitrogens is 3. The molecule has 2 aliphatic rings. The molecule has 1 saturated carbocycles. The summed E-state index contributed by atoms with van der Waals surface area (Å²) >= 11 is 0. The summed E-state index contributed by atoms with van der Waals surface area (Å²) in [6.45, 7) is 5.75. The molecular weight excluding hydrogens is 430 g/mol. The minimum atomic E-state index is -0.730. The van der Waals surface area contributed by atoms with E-state index in [0.29, 0.717) is 31.9 Å². The Bertz CT molecular complexity index is 1150. The lowest BCUT2D eigenvalue weighted by molar-refractivity contribution is -0.129. The van der Waals surface area contributed by atoms with Crippen molar-refractivity contribution in [2.75, 3.05) is 33.4 Å². The lowest BCUT2D eigenvalue weighted by Gasteiger charge is -2.26. The normalized spacial score (nSPS) is 17.1. The average molecular weight is 460 g/mol. The third-order valence-corrected chi connectivity index (χ3v) is 5.87. The van der Waals surface area contributed by atoms with Crippen LogP contribution in [0.15, 0.2) is 17.1 Å². The molecule has 0 aromatic carbocycles. The van der Waals surface area contributed by atoms with Crippen LogP contribution in [0.5, 0.6) is 5.88 Å². The topological polar surface area (TPSA) is 127 Å². The number of morpholine rings is 1. The zero-order chi connectivity index (χ0) is 23.8. The van der Waals surface area contributed by atoms with Gasteiger partial charge in [0, 0.05) is 37.9 Å². The Morgan fingerprint density at radius 3 is 2.67 bits per heavy atom. The third kappa shape index (κ3) is 4.79. The summed E-state index contributed by atoms with van der Waals surface area (Å²) < 4.78 is 13.3. The van der Waals surface area contributed by atoms with E-state index in [0.717, 1.165) is 17.4 Å². The van der Waals surface area contributed by atoms with E-state index < -0.39 is 22.9 Å². The number of fused-ring (bicyclic) bond motifs is 1.